The maximum Gasteiger partial charge on any atom is 0.154 e. The molecule has 1 fully saturated rings. The predicted octanol–water partition coefficient (Wildman–Crippen LogP) is 4.00. The zero-order valence-corrected chi connectivity index (χ0v) is 11.4. The number of nitrogens with zero attached hydrogens (tertiary/aromatic N) is 2. The van der Waals surface area contributed by atoms with Gasteiger partial charge in [-0.1, -0.05) is 11.6 Å². The number of nitrogen functional groups attached to an aromatic ring is 1. The fourth-order valence-corrected chi connectivity index (χ4v) is 2.46. The van der Waals surface area contributed by atoms with Gasteiger partial charge < -0.3 is 10.2 Å². The average molecular weight is 286 g/mol. The first kappa shape index (κ1) is 11.7. The Labute approximate surface area is 120 Å². The molecule has 0 saturated heterocycles. The lowest BCUT2D eigenvalue weighted by Gasteiger charge is -2.02. The third-order valence-electron chi connectivity index (χ3n) is 3.44. The SMILES string of the molecule is Nc1cc(-c2cc3cc(Cl)ccc3o2)nc(C2CC2)n1. The van der Waals surface area contributed by atoms with Gasteiger partial charge in [-0.3, -0.25) is 0 Å². The lowest BCUT2D eigenvalue weighted by atomic mass is 10.2. The largest absolute Gasteiger partial charge is 0.454 e. The molecule has 5 heteroatoms. The van der Waals surface area contributed by atoms with Crippen LogP contribution in [0.15, 0.2) is 34.7 Å². The van der Waals surface area contributed by atoms with Gasteiger partial charge in [0.25, 0.3) is 0 Å². The molecule has 2 aromatic heterocycles. The van der Waals surface area contributed by atoms with Crippen LogP contribution in [-0.4, -0.2) is 9.97 Å². The van der Waals surface area contributed by atoms with Crippen LogP contribution in [0, 0.1) is 0 Å². The van der Waals surface area contributed by atoms with Crippen molar-refractivity contribution in [3.63, 3.8) is 0 Å². The summed E-state index contributed by atoms with van der Waals surface area (Å²) >= 11 is 5.99. The van der Waals surface area contributed by atoms with Gasteiger partial charge in [-0.2, -0.15) is 0 Å². The molecule has 3 aromatic rings. The van der Waals surface area contributed by atoms with Crippen molar-refractivity contribution in [1.29, 1.82) is 0 Å². The summed E-state index contributed by atoms with van der Waals surface area (Å²) in [5.74, 6) is 2.45. The highest BCUT2D eigenvalue weighted by Crippen LogP contribution is 2.39. The Morgan fingerprint density at radius 1 is 1.15 bits per heavy atom. The summed E-state index contributed by atoms with van der Waals surface area (Å²) in [5.41, 5.74) is 7.38. The van der Waals surface area contributed by atoms with Crippen LogP contribution in [0.5, 0.6) is 0 Å². The molecule has 4 rings (SSSR count). The molecule has 0 amide bonds. The van der Waals surface area contributed by atoms with Crippen molar-refractivity contribution in [2.24, 2.45) is 0 Å². The number of fused-ring (bicyclic) bond motifs is 1. The molecule has 0 radical (unpaired) electrons. The predicted molar refractivity (Wildman–Crippen MR) is 78.6 cm³/mol. The average Bonchev–Trinajstić information content (AvgIpc) is 3.18. The van der Waals surface area contributed by atoms with Crippen molar-refractivity contribution in [3.05, 3.63) is 41.2 Å². The smallest absolute Gasteiger partial charge is 0.154 e. The van der Waals surface area contributed by atoms with Gasteiger partial charge in [-0.25, -0.2) is 9.97 Å². The number of aromatic nitrogens is 2. The highest BCUT2D eigenvalue weighted by Gasteiger charge is 2.27. The third kappa shape index (κ3) is 2.02. The number of furan rings is 1. The van der Waals surface area contributed by atoms with Crippen molar-refractivity contribution in [2.75, 3.05) is 5.73 Å². The molecular weight excluding hydrogens is 274 g/mol. The lowest BCUT2D eigenvalue weighted by molar-refractivity contribution is 0.627. The van der Waals surface area contributed by atoms with Gasteiger partial charge in [0.1, 0.15) is 22.9 Å². The van der Waals surface area contributed by atoms with Crippen LogP contribution >= 0.6 is 11.6 Å². The quantitative estimate of drug-likeness (QED) is 0.773. The standard InChI is InChI=1S/C15H12ClN3O/c16-10-3-4-12-9(5-10)6-13(20-12)11-7-14(17)19-15(18-11)8-1-2-8/h3-8H,1-2H2,(H2,17,18,19). The van der Waals surface area contributed by atoms with Crippen LogP contribution in [0.4, 0.5) is 5.82 Å². The van der Waals surface area contributed by atoms with Gasteiger partial charge in [0.2, 0.25) is 0 Å². The van der Waals surface area contributed by atoms with Crippen LogP contribution in [0.25, 0.3) is 22.4 Å². The van der Waals surface area contributed by atoms with E-state index < -0.39 is 0 Å². The molecule has 1 aliphatic carbocycles. The highest BCUT2D eigenvalue weighted by atomic mass is 35.5. The number of anilines is 1. The molecule has 2 heterocycles. The minimum atomic E-state index is 0.455. The van der Waals surface area contributed by atoms with Crippen molar-refractivity contribution < 1.29 is 4.42 Å². The fraction of sp³-hybridized carbons (Fsp3) is 0.200. The number of rotatable bonds is 2. The van der Waals surface area contributed by atoms with Crippen molar-refractivity contribution in [1.82, 2.24) is 9.97 Å². The van der Waals surface area contributed by atoms with E-state index in [2.05, 4.69) is 9.97 Å². The normalized spacial score (nSPS) is 14.8. The van der Waals surface area contributed by atoms with Crippen molar-refractivity contribution >= 4 is 28.4 Å². The van der Waals surface area contributed by atoms with E-state index in [0.717, 1.165) is 35.3 Å². The van der Waals surface area contributed by atoms with E-state index in [4.69, 9.17) is 21.8 Å². The molecule has 0 bridgehead atoms. The van der Waals surface area contributed by atoms with Gasteiger partial charge in [-0.05, 0) is 37.1 Å². The number of nitrogens with two attached hydrogens (primary N) is 1. The molecule has 100 valence electrons. The second-order valence-corrected chi connectivity index (χ2v) is 5.54. The first-order valence-electron chi connectivity index (χ1n) is 6.53. The summed E-state index contributed by atoms with van der Waals surface area (Å²) in [4.78, 5) is 8.86. The first-order chi connectivity index (χ1) is 9.69. The molecule has 4 nitrogen and oxygen atoms in total. The van der Waals surface area contributed by atoms with Crippen LogP contribution < -0.4 is 5.73 Å². The minimum absolute atomic E-state index is 0.455. The molecule has 0 unspecified atom stereocenters. The maximum atomic E-state index is 5.99. The monoisotopic (exact) mass is 285 g/mol. The number of benzene rings is 1. The molecule has 0 spiro atoms. The zero-order chi connectivity index (χ0) is 13.7. The van der Waals surface area contributed by atoms with Gasteiger partial charge in [0.05, 0.1) is 0 Å². The summed E-state index contributed by atoms with van der Waals surface area (Å²) in [5, 5.41) is 1.64. The number of halogens is 1. The topological polar surface area (TPSA) is 64.9 Å². The third-order valence-corrected chi connectivity index (χ3v) is 3.67. The van der Waals surface area contributed by atoms with E-state index in [1.54, 1.807) is 12.1 Å². The minimum Gasteiger partial charge on any atom is -0.454 e. The van der Waals surface area contributed by atoms with E-state index in [1.807, 2.05) is 18.2 Å². The Balaban J connectivity index is 1.85. The zero-order valence-electron chi connectivity index (χ0n) is 10.6. The molecule has 0 aliphatic heterocycles. The van der Waals surface area contributed by atoms with Crippen LogP contribution in [0.3, 0.4) is 0 Å². The van der Waals surface area contributed by atoms with Crippen molar-refractivity contribution in [3.8, 4) is 11.5 Å². The van der Waals surface area contributed by atoms with Gasteiger partial charge >= 0.3 is 0 Å². The number of hydrogen-bond donors (Lipinski definition) is 1. The van der Waals surface area contributed by atoms with Gasteiger partial charge in [0.15, 0.2) is 5.76 Å². The van der Waals surface area contributed by atoms with Crippen LogP contribution in [-0.2, 0) is 0 Å². The highest BCUT2D eigenvalue weighted by molar-refractivity contribution is 6.31. The summed E-state index contributed by atoms with van der Waals surface area (Å²) in [6.45, 7) is 0. The van der Waals surface area contributed by atoms with Crippen LogP contribution in [0.1, 0.15) is 24.6 Å². The molecule has 1 aliphatic rings. The molecular formula is C15H12ClN3O. The van der Waals surface area contributed by atoms with Gasteiger partial charge in [0, 0.05) is 22.4 Å². The Hall–Kier alpha value is -2.07. The van der Waals surface area contributed by atoms with Gasteiger partial charge in [-0.15, -0.1) is 0 Å². The summed E-state index contributed by atoms with van der Waals surface area (Å²) < 4.78 is 5.81. The Morgan fingerprint density at radius 2 is 2.00 bits per heavy atom. The molecule has 1 saturated carbocycles. The maximum absolute atomic E-state index is 5.99. The van der Waals surface area contributed by atoms with E-state index in [1.165, 1.54) is 0 Å². The van der Waals surface area contributed by atoms with E-state index in [9.17, 15) is 0 Å². The van der Waals surface area contributed by atoms with E-state index >= 15 is 0 Å². The Bertz CT molecular complexity index is 808. The van der Waals surface area contributed by atoms with Crippen molar-refractivity contribution in [2.45, 2.75) is 18.8 Å². The second kappa shape index (κ2) is 4.21. The molecule has 1 aromatic carbocycles. The van der Waals surface area contributed by atoms with Crippen LogP contribution in [0.2, 0.25) is 5.02 Å². The van der Waals surface area contributed by atoms with E-state index in [0.29, 0.717) is 22.5 Å². The Kier molecular flexibility index (Phi) is 2.47. The Morgan fingerprint density at radius 3 is 2.80 bits per heavy atom. The molecule has 20 heavy (non-hydrogen) atoms. The van der Waals surface area contributed by atoms with E-state index in [-0.39, 0.29) is 0 Å². The summed E-state index contributed by atoms with van der Waals surface area (Å²) in [6, 6.07) is 9.20. The summed E-state index contributed by atoms with van der Waals surface area (Å²) in [7, 11) is 0. The molecule has 0 atom stereocenters. The second-order valence-electron chi connectivity index (χ2n) is 5.10. The summed E-state index contributed by atoms with van der Waals surface area (Å²) in [6.07, 6.45) is 2.28. The molecule has 2 N–H and O–H groups in total. The fourth-order valence-electron chi connectivity index (χ4n) is 2.28. The number of hydrogen-bond acceptors (Lipinski definition) is 4. The first-order valence-corrected chi connectivity index (χ1v) is 6.91. The lowest BCUT2D eigenvalue weighted by Crippen LogP contribution is -1.99.